The Morgan fingerprint density at radius 1 is 0.958 bits per heavy atom. The van der Waals surface area contributed by atoms with Crippen LogP contribution in [-0.4, -0.2) is 12.5 Å². The van der Waals surface area contributed by atoms with E-state index < -0.39 is 0 Å². The molecule has 1 aromatic carbocycles. The van der Waals surface area contributed by atoms with Crippen molar-refractivity contribution >= 4 is 5.91 Å². The van der Waals surface area contributed by atoms with E-state index in [-0.39, 0.29) is 5.91 Å². The second kappa shape index (κ2) is 13.6. The van der Waals surface area contributed by atoms with Crippen molar-refractivity contribution in [3.8, 4) is 5.75 Å². The van der Waals surface area contributed by atoms with Gasteiger partial charge in [-0.2, -0.15) is 0 Å². The average Bonchev–Trinajstić information content (AvgIpc) is 2.58. The van der Waals surface area contributed by atoms with Crippen LogP contribution in [0.1, 0.15) is 71.1 Å². The first-order valence-corrected chi connectivity index (χ1v) is 9.39. The quantitative estimate of drug-likeness (QED) is 0.355. The van der Waals surface area contributed by atoms with Gasteiger partial charge in [-0.1, -0.05) is 63.8 Å². The van der Waals surface area contributed by atoms with Crippen LogP contribution in [0.2, 0.25) is 0 Å². The third kappa shape index (κ3) is 10.9. The molecule has 0 spiro atoms. The molecule has 1 amide bonds. The average molecular weight is 331 g/mol. The monoisotopic (exact) mass is 331 g/mol. The molecule has 0 fully saturated rings. The fourth-order valence-electron chi connectivity index (χ4n) is 2.54. The minimum atomic E-state index is 0.198. The van der Waals surface area contributed by atoms with Crippen LogP contribution in [0.4, 0.5) is 0 Å². The highest BCUT2D eigenvalue weighted by Gasteiger charge is 2.01. The van der Waals surface area contributed by atoms with Gasteiger partial charge >= 0.3 is 0 Å². The fraction of sp³-hybridized carbons (Fsp3) is 0.571. The van der Waals surface area contributed by atoms with Gasteiger partial charge in [0.1, 0.15) is 5.75 Å². The summed E-state index contributed by atoms with van der Waals surface area (Å²) in [5, 5.41) is 3.01. The van der Waals surface area contributed by atoms with Gasteiger partial charge in [0, 0.05) is 19.4 Å². The first kappa shape index (κ1) is 20.3. The molecule has 0 aromatic heterocycles. The summed E-state index contributed by atoms with van der Waals surface area (Å²) < 4.78 is 5.67. The Bertz CT molecular complexity index is 456. The van der Waals surface area contributed by atoms with Crippen LogP contribution in [0, 0.1) is 0 Å². The molecule has 3 heteroatoms. The van der Waals surface area contributed by atoms with Crippen molar-refractivity contribution in [2.24, 2.45) is 0 Å². The third-order valence-electron chi connectivity index (χ3n) is 3.97. The van der Waals surface area contributed by atoms with Gasteiger partial charge in [-0.15, -0.1) is 0 Å². The van der Waals surface area contributed by atoms with E-state index in [0.717, 1.165) is 50.2 Å². The Morgan fingerprint density at radius 3 is 2.38 bits per heavy atom. The van der Waals surface area contributed by atoms with Crippen molar-refractivity contribution in [1.82, 2.24) is 5.32 Å². The lowest BCUT2D eigenvalue weighted by Crippen LogP contribution is -2.23. The van der Waals surface area contributed by atoms with Crippen LogP contribution in [0.15, 0.2) is 42.7 Å². The number of carbonyl (C=O) groups is 1. The van der Waals surface area contributed by atoms with Gasteiger partial charge in [0.2, 0.25) is 5.91 Å². The lowest BCUT2D eigenvalue weighted by molar-refractivity contribution is -0.121. The van der Waals surface area contributed by atoms with Crippen LogP contribution >= 0.6 is 0 Å². The number of para-hydroxylation sites is 1. The van der Waals surface area contributed by atoms with E-state index in [9.17, 15) is 4.79 Å². The number of rotatable bonds is 14. The molecule has 1 rings (SSSR count). The molecule has 0 aliphatic rings. The maximum atomic E-state index is 11.7. The first-order chi connectivity index (χ1) is 11.7. The van der Waals surface area contributed by atoms with Gasteiger partial charge in [0.15, 0.2) is 0 Å². The van der Waals surface area contributed by atoms with Crippen LogP contribution in [-0.2, 0) is 4.79 Å². The molecule has 0 heterocycles. The van der Waals surface area contributed by atoms with Crippen molar-refractivity contribution in [2.45, 2.75) is 71.1 Å². The van der Waals surface area contributed by atoms with Gasteiger partial charge in [0.05, 0.1) is 5.76 Å². The topological polar surface area (TPSA) is 38.3 Å². The van der Waals surface area contributed by atoms with Crippen molar-refractivity contribution in [2.75, 3.05) is 6.54 Å². The molecule has 0 bridgehead atoms. The number of allylic oxidation sites excluding steroid dienone is 1. The third-order valence-corrected chi connectivity index (χ3v) is 3.97. The highest BCUT2D eigenvalue weighted by molar-refractivity contribution is 5.75. The molecule has 0 atom stereocenters. The van der Waals surface area contributed by atoms with E-state index in [0.29, 0.717) is 6.42 Å². The number of benzene rings is 1. The summed E-state index contributed by atoms with van der Waals surface area (Å²) in [5.74, 6) is 1.84. The van der Waals surface area contributed by atoms with Crippen molar-refractivity contribution in [3.63, 3.8) is 0 Å². The van der Waals surface area contributed by atoms with Crippen molar-refractivity contribution in [3.05, 3.63) is 42.7 Å². The molecular formula is C21H33NO2. The number of unbranched alkanes of at least 4 members (excludes halogenated alkanes) is 6. The molecule has 0 unspecified atom stereocenters. The van der Waals surface area contributed by atoms with Gasteiger partial charge in [-0.25, -0.2) is 0 Å². The minimum Gasteiger partial charge on any atom is -0.462 e. The molecule has 134 valence electrons. The molecule has 1 N–H and O–H groups in total. The van der Waals surface area contributed by atoms with Crippen molar-refractivity contribution < 1.29 is 9.53 Å². The Hall–Kier alpha value is -1.77. The second-order valence-electron chi connectivity index (χ2n) is 6.28. The Balaban J connectivity index is 1.92. The predicted octanol–water partition coefficient (Wildman–Crippen LogP) is 5.62. The van der Waals surface area contributed by atoms with E-state index in [4.69, 9.17) is 4.74 Å². The number of hydrogen-bond donors (Lipinski definition) is 1. The molecule has 24 heavy (non-hydrogen) atoms. The molecule has 3 nitrogen and oxygen atoms in total. The summed E-state index contributed by atoms with van der Waals surface area (Å²) in [6, 6.07) is 9.74. The van der Waals surface area contributed by atoms with E-state index in [1.54, 1.807) is 0 Å². The highest BCUT2D eigenvalue weighted by atomic mass is 16.5. The summed E-state index contributed by atoms with van der Waals surface area (Å²) in [7, 11) is 0. The largest absolute Gasteiger partial charge is 0.462 e. The summed E-state index contributed by atoms with van der Waals surface area (Å²) in [6.07, 6.45) is 10.6. The first-order valence-electron chi connectivity index (χ1n) is 9.39. The number of hydrogen-bond acceptors (Lipinski definition) is 2. The zero-order valence-corrected chi connectivity index (χ0v) is 15.2. The van der Waals surface area contributed by atoms with Crippen LogP contribution in [0.25, 0.3) is 0 Å². The second-order valence-corrected chi connectivity index (χ2v) is 6.28. The number of nitrogens with one attached hydrogen (secondary N) is 1. The number of ether oxygens (including phenoxy) is 1. The molecule has 0 aliphatic carbocycles. The van der Waals surface area contributed by atoms with Gasteiger partial charge in [-0.05, 0) is 31.4 Å². The maximum Gasteiger partial charge on any atom is 0.219 e. The summed E-state index contributed by atoms with van der Waals surface area (Å²) >= 11 is 0. The lowest BCUT2D eigenvalue weighted by atomic mass is 10.1. The van der Waals surface area contributed by atoms with Gasteiger partial charge in [-0.3, -0.25) is 4.79 Å². The van der Waals surface area contributed by atoms with Crippen molar-refractivity contribution in [1.29, 1.82) is 0 Å². The SMILES string of the molecule is C=C(CCCCCNC(=O)CCCCCCC)Oc1ccccc1. The molecule has 0 saturated heterocycles. The van der Waals surface area contributed by atoms with E-state index in [1.807, 2.05) is 30.3 Å². The van der Waals surface area contributed by atoms with Gasteiger partial charge < -0.3 is 10.1 Å². The minimum absolute atomic E-state index is 0.198. The lowest BCUT2D eigenvalue weighted by Gasteiger charge is -2.09. The standard InChI is InChI=1S/C21H33NO2/c1-3-4-5-6-12-17-21(23)22-18-13-8-9-14-19(2)24-20-15-10-7-11-16-20/h7,10-11,15-16H,2-6,8-9,12-14,17-18H2,1H3,(H,22,23). The van der Waals surface area contributed by atoms with E-state index in [2.05, 4.69) is 18.8 Å². The Kier molecular flexibility index (Phi) is 11.5. The number of amides is 1. The molecular weight excluding hydrogens is 298 g/mol. The summed E-state index contributed by atoms with van der Waals surface area (Å²) in [5.41, 5.74) is 0. The smallest absolute Gasteiger partial charge is 0.219 e. The summed E-state index contributed by atoms with van der Waals surface area (Å²) in [4.78, 5) is 11.7. The normalized spacial score (nSPS) is 10.4. The van der Waals surface area contributed by atoms with Gasteiger partial charge in [0.25, 0.3) is 0 Å². The number of carbonyl (C=O) groups excluding carboxylic acids is 1. The van der Waals surface area contributed by atoms with Crippen LogP contribution in [0.5, 0.6) is 5.75 Å². The zero-order chi connectivity index (χ0) is 17.5. The highest BCUT2D eigenvalue weighted by Crippen LogP contribution is 2.15. The zero-order valence-electron chi connectivity index (χ0n) is 15.2. The molecule has 0 saturated carbocycles. The Labute approximate surface area is 147 Å². The van der Waals surface area contributed by atoms with E-state index >= 15 is 0 Å². The van der Waals surface area contributed by atoms with Crippen LogP contribution < -0.4 is 10.1 Å². The molecule has 0 radical (unpaired) electrons. The maximum absolute atomic E-state index is 11.7. The van der Waals surface area contributed by atoms with Crippen LogP contribution in [0.3, 0.4) is 0 Å². The molecule has 0 aliphatic heterocycles. The Morgan fingerprint density at radius 2 is 1.62 bits per heavy atom. The predicted molar refractivity (Wildman–Crippen MR) is 101 cm³/mol. The van der Waals surface area contributed by atoms with E-state index in [1.165, 1.54) is 25.7 Å². The molecule has 1 aromatic rings. The summed E-state index contributed by atoms with van der Waals surface area (Å²) in [6.45, 7) is 6.94. The fourth-order valence-corrected chi connectivity index (χ4v) is 2.54.